The first-order valence-corrected chi connectivity index (χ1v) is 12.9. The quantitative estimate of drug-likeness (QED) is 0.311. The number of halogens is 3. The predicted octanol–water partition coefficient (Wildman–Crippen LogP) is 5.20. The van der Waals surface area contributed by atoms with Gasteiger partial charge in [0.15, 0.2) is 0 Å². The minimum atomic E-state index is -4.36. The number of anilines is 1. The van der Waals surface area contributed by atoms with Crippen LogP contribution in [0.15, 0.2) is 95.9 Å². The summed E-state index contributed by atoms with van der Waals surface area (Å²) >= 11 is 0. The molecule has 0 amide bonds. The molecule has 1 aliphatic rings. The van der Waals surface area contributed by atoms with Gasteiger partial charge in [0.05, 0.1) is 24.1 Å². The molecule has 9 heteroatoms. The van der Waals surface area contributed by atoms with Crippen molar-refractivity contribution < 1.29 is 17.9 Å². The van der Waals surface area contributed by atoms with Crippen molar-refractivity contribution in [3.63, 3.8) is 0 Å². The molecule has 0 radical (unpaired) electrons. The second-order valence-corrected chi connectivity index (χ2v) is 9.46. The summed E-state index contributed by atoms with van der Waals surface area (Å²) in [7, 11) is 0. The lowest BCUT2D eigenvalue weighted by molar-refractivity contribution is -0.137. The van der Waals surface area contributed by atoms with E-state index in [0.717, 1.165) is 11.6 Å². The molecule has 202 valence electrons. The SMILES string of the molecule is O=c1c(OCCc2ccccc2)c(N2CCN(Cc3cccc(C(F)(F)F)c3)CC2)cnn1-c1ccccc1. The Morgan fingerprint density at radius 2 is 1.49 bits per heavy atom. The van der Waals surface area contributed by atoms with Crippen LogP contribution in [0.5, 0.6) is 5.75 Å². The highest BCUT2D eigenvalue weighted by atomic mass is 19.4. The molecule has 1 fully saturated rings. The zero-order valence-corrected chi connectivity index (χ0v) is 21.3. The second kappa shape index (κ2) is 11.7. The summed E-state index contributed by atoms with van der Waals surface area (Å²) in [6.45, 7) is 3.19. The molecule has 3 aromatic carbocycles. The summed E-state index contributed by atoms with van der Waals surface area (Å²) in [5.41, 5.74) is 2.03. The molecule has 0 unspecified atom stereocenters. The van der Waals surface area contributed by atoms with Gasteiger partial charge in [-0.05, 0) is 29.3 Å². The van der Waals surface area contributed by atoms with Crippen LogP contribution in [0.2, 0.25) is 0 Å². The third-order valence-electron chi connectivity index (χ3n) is 6.77. The van der Waals surface area contributed by atoms with E-state index in [2.05, 4.69) is 14.9 Å². The van der Waals surface area contributed by atoms with Crippen molar-refractivity contribution in [2.75, 3.05) is 37.7 Å². The average molecular weight is 535 g/mol. The Balaban J connectivity index is 1.32. The Morgan fingerprint density at radius 3 is 2.18 bits per heavy atom. The largest absolute Gasteiger partial charge is 0.486 e. The summed E-state index contributed by atoms with van der Waals surface area (Å²) in [5, 5.41) is 4.43. The maximum absolute atomic E-state index is 13.5. The summed E-state index contributed by atoms with van der Waals surface area (Å²) in [6.07, 6.45) is -2.05. The topological polar surface area (TPSA) is 50.6 Å². The number of rotatable bonds is 8. The van der Waals surface area contributed by atoms with Gasteiger partial charge in [-0.25, -0.2) is 0 Å². The predicted molar refractivity (Wildman–Crippen MR) is 144 cm³/mol. The third-order valence-corrected chi connectivity index (χ3v) is 6.77. The third kappa shape index (κ3) is 6.49. The maximum atomic E-state index is 13.5. The lowest BCUT2D eigenvalue weighted by Gasteiger charge is -2.36. The smallest absolute Gasteiger partial charge is 0.416 e. The van der Waals surface area contributed by atoms with Gasteiger partial charge in [0, 0.05) is 39.1 Å². The minimum Gasteiger partial charge on any atom is -0.486 e. The molecule has 6 nitrogen and oxygen atoms in total. The molecule has 39 heavy (non-hydrogen) atoms. The Morgan fingerprint density at radius 1 is 0.821 bits per heavy atom. The number of piperazine rings is 1. The van der Waals surface area contributed by atoms with Gasteiger partial charge >= 0.3 is 11.7 Å². The van der Waals surface area contributed by atoms with Crippen molar-refractivity contribution in [2.45, 2.75) is 19.1 Å². The van der Waals surface area contributed by atoms with Gasteiger partial charge in [-0.1, -0.05) is 66.7 Å². The molecule has 1 saturated heterocycles. The Labute approximate surface area is 224 Å². The molecule has 2 heterocycles. The van der Waals surface area contributed by atoms with Crippen LogP contribution in [-0.2, 0) is 19.1 Å². The normalized spacial score (nSPS) is 14.4. The van der Waals surface area contributed by atoms with E-state index in [1.807, 2.05) is 60.7 Å². The number of benzene rings is 3. The summed E-state index contributed by atoms with van der Waals surface area (Å²) in [5.74, 6) is 0.246. The van der Waals surface area contributed by atoms with Crippen LogP contribution in [0.1, 0.15) is 16.7 Å². The molecular weight excluding hydrogens is 505 g/mol. The van der Waals surface area contributed by atoms with Crippen LogP contribution >= 0.6 is 0 Å². The van der Waals surface area contributed by atoms with Crippen molar-refractivity contribution >= 4 is 5.69 Å². The van der Waals surface area contributed by atoms with Crippen molar-refractivity contribution in [1.82, 2.24) is 14.7 Å². The Hall–Kier alpha value is -4.11. The zero-order chi connectivity index (χ0) is 27.2. The molecule has 0 saturated carbocycles. The molecule has 0 aliphatic carbocycles. The van der Waals surface area contributed by atoms with Crippen molar-refractivity contribution in [3.05, 3.63) is 118 Å². The maximum Gasteiger partial charge on any atom is 0.416 e. The summed E-state index contributed by atoms with van der Waals surface area (Å²) < 4.78 is 46.8. The van der Waals surface area contributed by atoms with E-state index in [1.165, 1.54) is 16.8 Å². The number of hydrogen-bond acceptors (Lipinski definition) is 5. The number of para-hydroxylation sites is 1. The second-order valence-electron chi connectivity index (χ2n) is 9.46. The van der Waals surface area contributed by atoms with Gasteiger partial charge in [-0.3, -0.25) is 9.69 Å². The van der Waals surface area contributed by atoms with Gasteiger partial charge in [0.25, 0.3) is 0 Å². The molecule has 1 aromatic heterocycles. The van der Waals surface area contributed by atoms with Crippen LogP contribution in [0.25, 0.3) is 5.69 Å². The van der Waals surface area contributed by atoms with Crippen LogP contribution in [0, 0.1) is 0 Å². The first-order valence-electron chi connectivity index (χ1n) is 12.9. The van der Waals surface area contributed by atoms with Crippen LogP contribution in [0.3, 0.4) is 0 Å². The number of ether oxygens (including phenoxy) is 1. The fraction of sp³-hybridized carbons (Fsp3) is 0.267. The molecule has 0 spiro atoms. The van der Waals surface area contributed by atoms with Crippen molar-refractivity contribution in [3.8, 4) is 11.4 Å². The summed E-state index contributed by atoms with van der Waals surface area (Å²) in [6, 6.07) is 24.6. The van der Waals surface area contributed by atoms with E-state index in [-0.39, 0.29) is 11.3 Å². The van der Waals surface area contributed by atoms with Gasteiger partial charge in [-0.15, -0.1) is 0 Å². The van der Waals surface area contributed by atoms with Crippen LogP contribution < -0.4 is 15.2 Å². The molecule has 0 atom stereocenters. The number of alkyl halides is 3. The van der Waals surface area contributed by atoms with Crippen LogP contribution in [0.4, 0.5) is 18.9 Å². The summed E-state index contributed by atoms with van der Waals surface area (Å²) in [4.78, 5) is 17.7. The molecule has 5 rings (SSSR count). The molecule has 0 bridgehead atoms. The average Bonchev–Trinajstić information content (AvgIpc) is 2.95. The van der Waals surface area contributed by atoms with Crippen molar-refractivity contribution in [1.29, 1.82) is 0 Å². The van der Waals surface area contributed by atoms with E-state index in [1.54, 1.807) is 12.3 Å². The van der Waals surface area contributed by atoms with Gasteiger partial charge < -0.3 is 9.64 Å². The number of hydrogen-bond donors (Lipinski definition) is 0. The highest BCUT2D eigenvalue weighted by molar-refractivity contribution is 5.57. The fourth-order valence-corrected chi connectivity index (χ4v) is 4.71. The number of aromatic nitrogens is 2. The van der Waals surface area contributed by atoms with E-state index in [4.69, 9.17) is 4.74 Å². The zero-order valence-electron chi connectivity index (χ0n) is 21.3. The fourth-order valence-electron chi connectivity index (χ4n) is 4.71. The van der Waals surface area contributed by atoms with E-state index >= 15 is 0 Å². The Kier molecular flexibility index (Phi) is 7.97. The van der Waals surface area contributed by atoms with Crippen LogP contribution in [-0.4, -0.2) is 47.5 Å². The van der Waals surface area contributed by atoms with E-state index in [9.17, 15) is 18.0 Å². The lowest BCUT2D eigenvalue weighted by atomic mass is 10.1. The molecule has 1 aliphatic heterocycles. The molecule has 4 aromatic rings. The minimum absolute atomic E-state index is 0.246. The van der Waals surface area contributed by atoms with E-state index < -0.39 is 11.7 Å². The first-order chi connectivity index (χ1) is 18.9. The van der Waals surface area contributed by atoms with Gasteiger partial charge in [-0.2, -0.15) is 23.0 Å². The Bertz CT molecular complexity index is 1430. The van der Waals surface area contributed by atoms with Gasteiger partial charge in [0.2, 0.25) is 5.75 Å². The molecular formula is C30H29F3N4O2. The monoisotopic (exact) mass is 534 g/mol. The first kappa shape index (κ1) is 26.5. The standard InChI is InChI=1S/C30H29F3N4O2/c31-30(32,33)25-11-7-10-24(20-25)22-35-15-17-36(18-16-35)27-21-34-37(26-12-5-2-6-13-26)29(38)28(27)39-19-14-23-8-3-1-4-9-23/h1-13,20-21H,14-19,22H2. The highest BCUT2D eigenvalue weighted by Gasteiger charge is 2.30. The van der Waals surface area contributed by atoms with Gasteiger partial charge in [0.1, 0.15) is 5.69 Å². The number of nitrogens with zero attached hydrogens (tertiary/aromatic N) is 4. The lowest BCUT2D eigenvalue weighted by Crippen LogP contribution is -2.46. The highest BCUT2D eigenvalue weighted by Crippen LogP contribution is 2.30. The van der Waals surface area contributed by atoms with Crippen molar-refractivity contribution in [2.24, 2.45) is 0 Å². The van der Waals surface area contributed by atoms with E-state index in [0.29, 0.717) is 62.7 Å². The molecule has 0 N–H and O–H groups in total.